The largest absolute Gasteiger partial charge is 0.455 e. The Morgan fingerprint density at radius 1 is 1.04 bits per heavy atom. The normalized spacial score (nSPS) is 10.9. The summed E-state index contributed by atoms with van der Waals surface area (Å²) in [4.78, 5) is 12.0. The lowest BCUT2D eigenvalue weighted by Crippen LogP contribution is -2.05. The predicted octanol–water partition coefficient (Wildman–Crippen LogP) is 5.21. The van der Waals surface area contributed by atoms with Gasteiger partial charge in [0.25, 0.3) is 0 Å². The lowest BCUT2D eigenvalue weighted by atomic mass is 10.2. The average molecular weight is 398 g/mol. The van der Waals surface area contributed by atoms with Gasteiger partial charge >= 0.3 is 5.97 Å². The van der Waals surface area contributed by atoms with E-state index in [0.717, 1.165) is 15.4 Å². The van der Waals surface area contributed by atoms with Crippen LogP contribution in [-0.4, -0.2) is 11.1 Å². The highest BCUT2D eigenvalue weighted by Crippen LogP contribution is 2.28. The smallest absolute Gasteiger partial charge is 0.338 e. The summed E-state index contributed by atoms with van der Waals surface area (Å²) in [7, 11) is 0. The Kier molecular flexibility index (Phi) is 4.11. The maximum Gasteiger partial charge on any atom is 0.338 e. The van der Waals surface area contributed by atoms with Crippen LogP contribution in [0.5, 0.6) is 0 Å². The number of para-hydroxylation sites is 1. The fraction of sp³-hybridized carbons (Fsp3) is 0.0526. The molecule has 5 nitrogen and oxygen atoms in total. The van der Waals surface area contributed by atoms with Gasteiger partial charge in [0, 0.05) is 15.9 Å². The average Bonchev–Trinajstić information content (AvgIpc) is 3.26. The number of aromatic nitrogens is 1. The van der Waals surface area contributed by atoms with Crippen molar-refractivity contribution < 1.29 is 18.5 Å². The highest BCUT2D eigenvalue weighted by molar-refractivity contribution is 9.10. The molecule has 25 heavy (non-hydrogen) atoms. The molecule has 0 saturated heterocycles. The van der Waals surface area contributed by atoms with Crippen molar-refractivity contribution in [3.63, 3.8) is 0 Å². The molecule has 2 heterocycles. The number of hydrogen-bond donors (Lipinski definition) is 0. The van der Waals surface area contributed by atoms with E-state index < -0.39 is 5.97 Å². The molecule has 0 radical (unpaired) electrons. The molecule has 124 valence electrons. The summed E-state index contributed by atoms with van der Waals surface area (Å²) in [6.45, 7) is 0.0229. The second-order valence-electron chi connectivity index (χ2n) is 5.42. The molecule has 2 aromatic carbocycles. The van der Waals surface area contributed by atoms with Gasteiger partial charge in [0.1, 0.15) is 17.9 Å². The Bertz CT molecular complexity index is 1020. The van der Waals surface area contributed by atoms with Crippen molar-refractivity contribution in [2.75, 3.05) is 0 Å². The van der Waals surface area contributed by atoms with E-state index in [1.165, 1.54) is 0 Å². The van der Waals surface area contributed by atoms with Crippen LogP contribution < -0.4 is 0 Å². The van der Waals surface area contributed by atoms with Gasteiger partial charge in [-0.3, -0.25) is 0 Å². The summed E-state index contributed by atoms with van der Waals surface area (Å²) in [6, 6.07) is 18.3. The fourth-order valence-electron chi connectivity index (χ4n) is 2.44. The predicted molar refractivity (Wildman–Crippen MR) is 95.0 cm³/mol. The second kappa shape index (κ2) is 6.57. The van der Waals surface area contributed by atoms with Gasteiger partial charge in [-0.1, -0.05) is 45.4 Å². The topological polar surface area (TPSA) is 65.5 Å². The van der Waals surface area contributed by atoms with Crippen molar-refractivity contribution in [1.29, 1.82) is 0 Å². The number of benzene rings is 2. The fourth-order valence-corrected chi connectivity index (χ4v) is 2.84. The third kappa shape index (κ3) is 3.34. The van der Waals surface area contributed by atoms with Gasteiger partial charge in [-0.2, -0.15) is 0 Å². The van der Waals surface area contributed by atoms with E-state index in [4.69, 9.17) is 13.7 Å². The third-order valence-electron chi connectivity index (χ3n) is 3.64. The zero-order valence-electron chi connectivity index (χ0n) is 12.9. The van der Waals surface area contributed by atoms with E-state index in [-0.39, 0.29) is 6.61 Å². The zero-order chi connectivity index (χ0) is 17.2. The summed E-state index contributed by atoms with van der Waals surface area (Å²) in [5.41, 5.74) is 1.76. The van der Waals surface area contributed by atoms with Crippen LogP contribution in [0.15, 0.2) is 74.1 Å². The van der Waals surface area contributed by atoms with Crippen molar-refractivity contribution >= 4 is 32.9 Å². The number of carbonyl (C=O) groups excluding carboxylic acids is 1. The SMILES string of the molecule is O=C(OCc1cc(-c2cc3ccccc3o2)on1)c1cccc(Br)c1. The van der Waals surface area contributed by atoms with Crippen molar-refractivity contribution in [2.24, 2.45) is 0 Å². The quantitative estimate of drug-likeness (QED) is 0.442. The molecular formula is C19H12BrNO4. The zero-order valence-corrected chi connectivity index (χ0v) is 14.5. The first-order valence-electron chi connectivity index (χ1n) is 7.56. The lowest BCUT2D eigenvalue weighted by Gasteiger charge is -2.02. The third-order valence-corrected chi connectivity index (χ3v) is 4.13. The highest BCUT2D eigenvalue weighted by Gasteiger charge is 2.14. The van der Waals surface area contributed by atoms with Crippen molar-refractivity contribution in [2.45, 2.75) is 6.61 Å². The summed E-state index contributed by atoms with van der Waals surface area (Å²) < 4.78 is 17.1. The van der Waals surface area contributed by atoms with E-state index in [1.54, 1.807) is 24.3 Å². The molecule has 0 unspecified atom stereocenters. The molecule has 0 fully saturated rings. The number of ether oxygens (including phenoxy) is 1. The van der Waals surface area contributed by atoms with E-state index >= 15 is 0 Å². The first-order chi connectivity index (χ1) is 12.2. The summed E-state index contributed by atoms with van der Waals surface area (Å²) >= 11 is 3.32. The number of fused-ring (bicyclic) bond motifs is 1. The molecule has 4 rings (SSSR count). The molecule has 0 aliphatic rings. The van der Waals surface area contributed by atoms with E-state index in [1.807, 2.05) is 36.4 Å². The van der Waals surface area contributed by atoms with E-state index in [2.05, 4.69) is 21.1 Å². The molecule has 0 saturated carbocycles. The van der Waals surface area contributed by atoms with Crippen LogP contribution in [0.25, 0.3) is 22.5 Å². The molecule has 2 aromatic heterocycles. The Labute approximate surface area is 151 Å². The molecule has 0 aliphatic heterocycles. The molecule has 0 bridgehead atoms. The minimum absolute atomic E-state index is 0.0229. The van der Waals surface area contributed by atoms with Crippen LogP contribution in [0.3, 0.4) is 0 Å². The number of esters is 1. The highest BCUT2D eigenvalue weighted by atomic mass is 79.9. The first kappa shape index (κ1) is 15.7. The molecule has 0 spiro atoms. The van der Waals surface area contributed by atoms with Gasteiger partial charge in [-0.15, -0.1) is 0 Å². The number of nitrogens with zero attached hydrogens (tertiary/aromatic N) is 1. The summed E-state index contributed by atoms with van der Waals surface area (Å²) in [6.07, 6.45) is 0. The number of hydrogen-bond acceptors (Lipinski definition) is 5. The molecule has 0 aliphatic carbocycles. The summed E-state index contributed by atoms with van der Waals surface area (Å²) in [5, 5.41) is 4.91. The number of furan rings is 1. The van der Waals surface area contributed by atoms with Crippen molar-refractivity contribution in [3.05, 3.63) is 76.4 Å². The maximum absolute atomic E-state index is 12.0. The van der Waals surface area contributed by atoms with Crippen LogP contribution in [0, 0.1) is 0 Å². The van der Waals surface area contributed by atoms with Crippen LogP contribution in [0.1, 0.15) is 16.1 Å². The van der Waals surface area contributed by atoms with Gasteiger partial charge < -0.3 is 13.7 Å². The van der Waals surface area contributed by atoms with Crippen LogP contribution in [0.4, 0.5) is 0 Å². The Morgan fingerprint density at radius 3 is 2.76 bits per heavy atom. The van der Waals surface area contributed by atoms with Crippen LogP contribution >= 0.6 is 15.9 Å². The number of halogens is 1. The number of carbonyl (C=O) groups is 1. The lowest BCUT2D eigenvalue weighted by molar-refractivity contribution is 0.0464. The Hall–Kier alpha value is -2.86. The van der Waals surface area contributed by atoms with Crippen molar-refractivity contribution in [1.82, 2.24) is 5.16 Å². The molecule has 0 atom stereocenters. The number of rotatable bonds is 4. The summed E-state index contributed by atoms with van der Waals surface area (Å²) in [5.74, 6) is 0.651. The monoisotopic (exact) mass is 397 g/mol. The van der Waals surface area contributed by atoms with Gasteiger partial charge in [0.05, 0.1) is 5.56 Å². The standard InChI is InChI=1S/C19H12BrNO4/c20-14-6-3-5-13(8-14)19(22)23-11-15-10-18(25-21-15)17-9-12-4-1-2-7-16(12)24-17/h1-10H,11H2. The molecule has 6 heteroatoms. The van der Waals surface area contributed by atoms with E-state index in [9.17, 15) is 4.79 Å². The van der Waals surface area contributed by atoms with Crippen LogP contribution in [-0.2, 0) is 11.3 Å². The van der Waals surface area contributed by atoms with E-state index in [0.29, 0.717) is 22.8 Å². The van der Waals surface area contributed by atoms with Crippen LogP contribution in [0.2, 0.25) is 0 Å². The Balaban J connectivity index is 1.47. The molecular weight excluding hydrogens is 386 g/mol. The maximum atomic E-state index is 12.0. The van der Waals surface area contributed by atoms with Gasteiger partial charge in [0.15, 0.2) is 5.76 Å². The second-order valence-corrected chi connectivity index (χ2v) is 6.33. The van der Waals surface area contributed by atoms with Crippen molar-refractivity contribution in [3.8, 4) is 11.5 Å². The molecule has 4 aromatic rings. The first-order valence-corrected chi connectivity index (χ1v) is 8.35. The van der Waals surface area contributed by atoms with Gasteiger partial charge in [-0.25, -0.2) is 4.79 Å². The van der Waals surface area contributed by atoms with Gasteiger partial charge in [-0.05, 0) is 30.3 Å². The Morgan fingerprint density at radius 2 is 1.92 bits per heavy atom. The molecule has 0 amide bonds. The minimum Gasteiger partial charge on any atom is -0.455 e. The molecule has 0 N–H and O–H groups in total. The minimum atomic E-state index is -0.422. The van der Waals surface area contributed by atoms with Gasteiger partial charge in [0.2, 0.25) is 5.76 Å².